The molecular formula is C9H9FN2O2. The van der Waals surface area contributed by atoms with Crippen molar-refractivity contribution in [2.24, 2.45) is 10.3 Å². The van der Waals surface area contributed by atoms with Crippen molar-refractivity contribution in [3.63, 3.8) is 0 Å². The van der Waals surface area contributed by atoms with Crippen molar-refractivity contribution in [1.29, 1.82) is 0 Å². The molecule has 0 bridgehead atoms. The highest BCUT2D eigenvalue weighted by Crippen LogP contribution is 2.08. The summed E-state index contributed by atoms with van der Waals surface area (Å²) in [6, 6.07) is 5.76. The molecule has 0 aromatic heterocycles. The summed E-state index contributed by atoms with van der Waals surface area (Å²) in [5.41, 5.74) is 0.0356. The van der Waals surface area contributed by atoms with Crippen LogP contribution >= 0.6 is 0 Å². The van der Waals surface area contributed by atoms with Gasteiger partial charge in [0, 0.05) is 5.56 Å². The Morgan fingerprint density at radius 2 is 1.86 bits per heavy atom. The lowest BCUT2D eigenvalue weighted by molar-refractivity contribution is 0.314. The number of nitrogens with zero attached hydrogens (tertiary/aromatic N) is 2. The summed E-state index contributed by atoms with van der Waals surface area (Å²) >= 11 is 0. The fraction of sp³-hybridized carbons (Fsp3) is 0.111. The van der Waals surface area contributed by atoms with Crippen molar-refractivity contribution in [3.05, 3.63) is 35.6 Å². The highest BCUT2D eigenvalue weighted by Gasteiger charge is 2.12. The Hall–Kier alpha value is -1.91. The SMILES string of the molecule is CC(=NO)C(=NO)c1ccccc1F. The number of oxime groups is 2. The van der Waals surface area contributed by atoms with Gasteiger partial charge in [0.25, 0.3) is 0 Å². The van der Waals surface area contributed by atoms with E-state index in [1.165, 1.54) is 25.1 Å². The van der Waals surface area contributed by atoms with E-state index in [2.05, 4.69) is 10.3 Å². The molecule has 1 aromatic rings. The first kappa shape index (κ1) is 10.2. The second-order valence-corrected chi connectivity index (χ2v) is 2.61. The number of hydrogen-bond acceptors (Lipinski definition) is 4. The quantitative estimate of drug-likeness (QED) is 0.430. The van der Waals surface area contributed by atoms with Gasteiger partial charge >= 0.3 is 0 Å². The molecule has 1 rings (SSSR count). The Morgan fingerprint density at radius 3 is 2.36 bits per heavy atom. The summed E-state index contributed by atoms with van der Waals surface area (Å²) < 4.78 is 13.2. The first-order chi connectivity index (χ1) is 6.70. The first-order valence-corrected chi connectivity index (χ1v) is 3.86. The maximum Gasteiger partial charge on any atom is 0.137 e. The largest absolute Gasteiger partial charge is 0.411 e. The molecule has 74 valence electrons. The average Bonchev–Trinajstić information content (AvgIpc) is 2.21. The van der Waals surface area contributed by atoms with Gasteiger partial charge in [0.2, 0.25) is 0 Å². The summed E-state index contributed by atoms with van der Waals surface area (Å²) in [5, 5.41) is 22.8. The van der Waals surface area contributed by atoms with Crippen LogP contribution in [0.5, 0.6) is 0 Å². The smallest absolute Gasteiger partial charge is 0.137 e. The van der Waals surface area contributed by atoms with Crippen LogP contribution in [0, 0.1) is 5.82 Å². The normalized spacial score (nSPS) is 13.0. The summed E-state index contributed by atoms with van der Waals surface area (Å²) in [6.07, 6.45) is 0. The molecule has 4 nitrogen and oxygen atoms in total. The van der Waals surface area contributed by atoms with Crippen molar-refractivity contribution in [1.82, 2.24) is 0 Å². The average molecular weight is 196 g/mol. The van der Waals surface area contributed by atoms with Crippen LogP contribution in [0.4, 0.5) is 4.39 Å². The lowest BCUT2D eigenvalue weighted by Crippen LogP contribution is -2.14. The van der Waals surface area contributed by atoms with Crippen LogP contribution in [0.3, 0.4) is 0 Å². The topological polar surface area (TPSA) is 65.2 Å². The van der Waals surface area contributed by atoms with E-state index in [9.17, 15) is 4.39 Å². The molecule has 0 aliphatic rings. The Bertz CT molecular complexity index is 388. The predicted molar refractivity (Wildman–Crippen MR) is 49.6 cm³/mol. The molecule has 0 spiro atoms. The number of halogens is 1. The molecule has 0 saturated heterocycles. The monoisotopic (exact) mass is 196 g/mol. The van der Waals surface area contributed by atoms with Gasteiger partial charge in [-0.15, -0.1) is 0 Å². The van der Waals surface area contributed by atoms with Crippen LogP contribution in [0.25, 0.3) is 0 Å². The Morgan fingerprint density at radius 1 is 1.21 bits per heavy atom. The Balaban J connectivity index is 3.22. The molecule has 0 saturated carbocycles. The van der Waals surface area contributed by atoms with Gasteiger partial charge in [-0.05, 0) is 19.1 Å². The van der Waals surface area contributed by atoms with Gasteiger partial charge in [-0.25, -0.2) is 4.39 Å². The zero-order valence-electron chi connectivity index (χ0n) is 7.48. The first-order valence-electron chi connectivity index (χ1n) is 3.86. The van der Waals surface area contributed by atoms with Crippen molar-refractivity contribution >= 4 is 11.4 Å². The lowest BCUT2D eigenvalue weighted by atomic mass is 10.1. The maximum atomic E-state index is 13.2. The minimum Gasteiger partial charge on any atom is -0.411 e. The van der Waals surface area contributed by atoms with E-state index < -0.39 is 5.82 Å². The second kappa shape index (κ2) is 4.36. The molecular weight excluding hydrogens is 187 g/mol. The molecule has 0 aliphatic carbocycles. The van der Waals surface area contributed by atoms with E-state index >= 15 is 0 Å². The number of benzene rings is 1. The van der Waals surface area contributed by atoms with Crippen LogP contribution in [0.15, 0.2) is 34.6 Å². The Labute approximate surface area is 80.0 Å². The third-order valence-electron chi connectivity index (χ3n) is 1.72. The van der Waals surface area contributed by atoms with Gasteiger partial charge < -0.3 is 10.4 Å². The molecule has 0 fully saturated rings. The number of hydrogen-bond donors (Lipinski definition) is 2. The van der Waals surface area contributed by atoms with E-state index in [4.69, 9.17) is 10.4 Å². The minimum absolute atomic E-state index is 0.0394. The van der Waals surface area contributed by atoms with Gasteiger partial charge in [0.1, 0.15) is 17.2 Å². The van der Waals surface area contributed by atoms with Crippen LogP contribution < -0.4 is 0 Å². The van der Waals surface area contributed by atoms with Crippen LogP contribution in [-0.2, 0) is 0 Å². The summed E-state index contributed by atoms with van der Waals surface area (Å²) in [7, 11) is 0. The third-order valence-corrected chi connectivity index (χ3v) is 1.72. The molecule has 0 atom stereocenters. The summed E-state index contributed by atoms with van der Waals surface area (Å²) in [6.45, 7) is 1.40. The fourth-order valence-electron chi connectivity index (χ4n) is 1.02. The van der Waals surface area contributed by atoms with Crippen LogP contribution in [-0.4, -0.2) is 21.8 Å². The molecule has 14 heavy (non-hydrogen) atoms. The van der Waals surface area contributed by atoms with E-state index in [-0.39, 0.29) is 17.0 Å². The highest BCUT2D eigenvalue weighted by atomic mass is 19.1. The van der Waals surface area contributed by atoms with Gasteiger partial charge in [0.05, 0.1) is 0 Å². The second-order valence-electron chi connectivity index (χ2n) is 2.61. The summed E-state index contributed by atoms with van der Waals surface area (Å²) in [5.74, 6) is -0.539. The van der Waals surface area contributed by atoms with Crippen molar-refractivity contribution in [2.45, 2.75) is 6.92 Å². The molecule has 0 amide bonds. The van der Waals surface area contributed by atoms with E-state index in [1.807, 2.05) is 0 Å². The fourth-order valence-corrected chi connectivity index (χ4v) is 1.02. The zero-order valence-corrected chi connectivity index (χ0v) is 7.48. The standard InChI is InChI=1S/C9H9FN2O2/c1-6(11-13)9(12-14)7-4-2-3-5-8(7)10/h2-5,13-14H,1H3. The van der Waals surface area contributed by atoms with Gasteiger partial charge in [-0.2, -0.15) is 0 Å². The zero-order chi connectivity index (χ0) is 10.6. The highest BCUT2D eigenvalue weighted by molar-refractivity contribution is 6.47. The van der Waals surface area contributed by atoms with E-state index in [0.29, 0.717) is 0 Å². The van der Waals surface area contributed by atoms with Gasteiger partial charge in [0.15, 0.2) is 0 Å². The molecule has 2 N–H and O–H groups in total. The molecule has 5 heteroatoms. The summed E-state index contributed by atoms with van der Waals surface area (Å²) in [4.78, 5) is 0. The van der Waals surface area contributed by atoms with Gasteiger partial charge in [-0.1, -0.05) is 22.4 Å². The van der Waals surface area contributed by atoms with Crippen molar-refractivity contribution in [3.8, 4) is 0 Å². The van der Waals surface area contributed by atoms with E-state index in [1.54, 1.807) is 6.07 Å². The van der Waals surface area contributed by atoms with Gasteiger partial charge in [-0.3, -0.25) is 0 Å². The minimum atomic E-state index is -0.539. The van der Waals surface area contributed by atoms with Crippen LogP contribution in [0.2, 0.25) is 0 Å². The van der Waals surface area contributed by atoms with Crippen LogP contribution in [0.1, 0.15) is 12.5 Å². The molecule has 0 unspecified atom stereocenters. The molecule has 0 heterocycles. The maximum absolute atomic E-state index is 13.2. The third kappa shape index (κ3) is 1.87. The molecule has 0 aliphatic heterocycles. The van der Waals surface area contributed by atoms with Crippen molar-refractivity contribution in [2.75, 3.05) is 0 Å². The number of rotatable bonds is 2. The van der Waals surface area contributed by atoms with Crippen molar-refractivity contribution < 1.29 is 14.8 Å². The van der Waals surface area contributed by atoms with E-state index in [0.717, 1.165) is 0 Å². The molecule has 0 radical (unpaired) electrons. The molecule has 1 aromatic carbocycles. The lowest BCUT2D eigenvalue weighted by Gasteiger charge is -2.03. The Kier molecular flexibility index (Phi) is 3.17. The predicted octanol–water partition coefficient (Wildman–Crippen LogP) is 1.85.